The number of hydrogen-bond acceptors (Lipinski definition) is 3. The number of amides is 1. The maximum atomic E-state index is 14.0. The van der Waals surface area contributed by atoms with Crippen LogP contribution in [0.3, 0.4) is 0 Å². The quantitative estimate of drug-likeness (QED) is 0.510. The number of carbonyl (C=O) groups is 2. The van der Waals surface area contributed by atoms with Gasteiger partial charge in [-0.15, -0.1) is 0 Å². The van der Waals surface area contributed by atoms with Crippen LogP contribution in [0.1, 0.15) is 42.4 Å². The number of carboxylic acids is 1. The molecule has 0 radical (unpaired) electrons. The first-order valence-electron chi connectivity index (χ1n) is 11.0. The Morgan fingerprint density at radius 3 is 2.16 bits per heavy atom. The molecule has 32 heavy (non-hydrogen) atoms. The lowest BCUT2D eigenvalue weighted by Gasteiger charge is -2.28. The van der Waals surface area contributed by atoms with Gasteiger partial charge in [-0.1, -0.05) is 80.1 Å². The topological polar surface area (TPSA) is 66.8 Å². The molecule has 1 aliphatic rings. The Labute approximate surface area is 188 Å². The molecular formula is C27H27NO4. The number of carboxylic acid groups (broad SMARTS) is 1. The third-order valence-electron chi connectivity index (χ3n) is 5.87. The fourth-order valence-corrected chi connectivity index (χ4v) is 4.28. The maximum absolute atomic E-state index is 14.0. The molecule has 0 saturated heterocycles. The van der Waals surface area contributed by atoms with E-state index in [1.807, 2.05) is 78.9 Å². The van der Waals surface area contributed by atoms with Gasteiger partial charge in [0.25, 0.3) is 0 Å². The number of unbranched alkanes of at least 4 members (excludes halogenated alkanes) is 1. The highest BCUT2D eigenvalue weighted by atomic mass is 16.5. The van der Waals surface area contributed by atoms with Gasteiger partial charge in [0.15, 0.2) is 0 Å². The summed E-state index contributed by atoms with van der Waals surface area (Å²) in [7, 11) is 0. The summed E-state index contributed by atoms with van der Waals surface area (Å²) in [4.78, 5) is 27.7. The van der Waals surface area contributed by atoms with Gasteiger partial charge in [-0.05, 0) is 29.7 Å². The molecule has 1 amide bonds. The van der Waals surface area contributed by atoms with Crippen molar-refractivity contribution in [3.63, 3.8) is 0 Å². The third-order valence-corrected chi connectivity index (χ3v) is 5.87. The van der Waals surface area contributed by atoms with Crippen LogP contribution in [0.2, 0.25) is 0 Å². The maximum Gasteiger partial charge on any atom is 0.327 e. The molecule has 1 atom stereocenters. The van der Waals surface area contributed by atoms with E-state index < -0.39 is 17.9 Å². The van der Waals surface area contributed by atoms with E-state index in [1.165, 1.54) is 4.90 Å². The number of fused-ring (bicyclic) bond motifs is 1. The van der Waals surface area contributed by atoms with Gasteiger partial charge in [-0.2, -0.15) is 0 Å². The monoisotopic (exact) mass is 429 g/mol. The van der Waals surface area contributed by atoms with E-state index in [9.17, 15) is 14.7 Å². The summed E-state index contributed by atoms with van der Waals surface area (Å²) in [6, 6.07) is 23.5. The second-order valence-corrected chi connectivity index (χ2v) is 7.98. The highest BCUT2D eigenvalue weighted by Crippen LogP contribution is 2.41. The SMILES string of the molecule is CCCCOc1cccc2c1CC(C(=O)O)N2C(=O)C(c1ccccc1)c1ccccc1. The highest BCUT2D eigenvalue weighted by Gasteiger charge is 2.42. The molecule has 1 aliphatic heterocycles. The van der Waals surface area contributed by atoms with E-state index in [0.29, 0.717) is 18.0 Å². The smallest absolute Gasteiger partial charge is 0.327 e. The van der Waals surface area contributed by atoms with Crippen molar-refractivity contribution in [1.29, 1.82) is 0 Å². The summed E-state index contributed by atoms with van der Waals surface area (Å²) in [5.41, 5.74) is 3.06. The van der Waals surface area contributed by atoms with Gasteiger partial charge in [0, 0.05) is 12.0 Å². The molecule has 0 fully saturated rings. The van der Waals surface area contributed by atoms with Gasteiger partial charge in [-0.3, -0.25) is 9.69 Å². The zero-order chi connectivity index (χ0) is 22.5. The van der Waals surface area contributed by atoms with E-state index in [-0.39, 0.29) is 12.3 Å². The number of ether oxygens (including phenoxy) is 1. The molecule has 0 aromatic heterocycles. The highest BCUT2D eigenvalue weighted by molar-refractivity contribution is 6.06. The minimum Gasteiger partial charge on any atom is -0.493 e. The van der Waals surface area contributed by atoms with Crippen LogP contribution < -0.4 is 9.64 Å². The van der Waals surface area contributed by atoms with Crippen LogP contribution in [0.4, 0.5) is 5.69 Å². The van der Waals surface area contributed by atoms with E-state index in [4.69, 9.17) is 4.74 Å². The van der Waals surface area contributed by atoms with Crippen molar-refractivity contribution >= 4 is 17.6 Å². The molecule has 0 aliphatic carbocycles. The first-order chi connectivity index (χ1) is 15.6. The summed E-state index contributed by atoms with van der Waals surface area (Å²) >= 11 is 0. The van der Waals surface area contributed by atoms with Crippen molar-refractivity contribution in [2.75, 3.05) is 11.5 Å². The van der Waals surface area contributed by atoms with Crippen LogP contribution in [0.5, 0.6) is 5.75 Å². The Hall–Kier alpha value is -3.60. The number of anilines is 1. The first-order valence-corrected chi connectivity index (χ1v) is 11.0. The van der Waals surface area contributed by atoms with Crippen LogP contribution in [-0.2, 0) is 16.0 Å². The van der Waals surface area contributed by atoms with Crippen molar-refractivity contribution in [3.8, 4) is 5.75 Å². The molecular weight excluding hydrogens is 402 g/mol. The van der Waals surface area contributed by atoms with Crippen molar-refractivity contribution in [2.24, 2.45) is 0 Å². The number of carbonyl (C=O) groups excluding carboxylic acids is 1. The number of nitrogens with zero attached hydrogens (tertiary/aromatic N) is 1. The predicted octanol–water partition coefficient (Wildman–Crippen LogP) is 5.04. The third kappa shape index (κ3) is 4.24. The van der Waals surface area contributed by atoms with Gasteiger partial charge < -0.3 is 9.84 Å². The lowest BCUT2D eigenvalue weighted by molar-refractivity contribution is -0.140. The van der Waals surface area contributed by atoms with Gasteiger partial charge in [0.1, 0.15) is 11.8 Å². The Balaban J connectivity index is 1.77. The van der Waals surface area contributed by atoms with Crippen molar-refractivity contribution < 1.29 is 19.4 Å². The minimum atomic E-state index is -1.02. The minimum absolute atomic E-state index is 0.231. The van der Waals surface area contributed by atoms with Crippen LogP contribution in [-0.4, -0.2) is 29.6 Å². The molecule has 0 saturated carbocycles. The molecule has 1 N–H and O–H groups in total. The Morgan fingerprint density at radius 1 is 0.969 bits per heavy atom. The van der Waals surface area contributed by atoms with Gasteiger partial charge in [0.05, 0.1) is 18.2 Å². The zero-order valence-electron chi connectivity index (χ0n) is 18.1. The average molecular weight is 430 g/mol. The molecule has 164 valence electrons. The van der Waals surface area contributed by atoms with Gasteiger partial charge in [0.2, 0.25) is 5.91 Å². The molecule has 3 aromatic rings. The van der Waals surface area contributed by atoms with Crippen LogP contribution >= 0.6 is 0 Å². The zero-order valence-corrected chi connectivity index (χ0v) is 18.1. The van der Waals surface area contributed by atoms with Crippen molar-refractivity contribution in [3.05, 3.63) is 95.6 Å². The molecule has 4 rings (SSSR count). The molecule has 5 nitrogen and oxygen atoms in total. The molecule has 5 heteroatoms. The molecule has 0 spiro atoms. The Kier molecular flexibility index (Phi) is 6.55. The summed E-state index contributed by atoms with van der Waals surface area (Å²) in [5, 5.41) is 10.00. The van der Waals surface area contributed by atoms with E-state index in [0.717, 1.165) is 29.5 Å². The van der Waals surface area contributed by atoms with Gasteiger partial charge in [-0.25, -0.2) is 4.79 Å². The molecule has 3 aromatic carbocycles. The summed E-state index contributed by atoms with van der Waals surface area (Å²) < 4.78 is 5.94. The van der Waals surface area contributed by atoms with Gasteiger partial charge >= 0.3 is 5.97 Å². The molecule has 1 heterocycles. The number of aliphatic carboxylic acids is 1. The number of benzene rings is 3. The van der Waals surface area contributed by atoms with E-state index >= 15 is 0 Å². The van der Waals surface area contributed by atoms with E-state index in [1.54, 1.807) is 0 Å². The first kappa shape index (κ1) is 21.6. The lowest BCUT2D eigenvalue weighted by Crippen LogP contribution is -2.45. The Bertz CT molecular complexity index is 1040. The fraction of sp³-hybridized carbons (Fsp3) is 0.259. The van der Waals surface area contributed by atoms with E-state index in [2.05, 4.69) is 6.92 Å². The molecule has 0 bridgehead atoms. The standard InChI is InChI=1S/C27H27NO4/c1-2-3-17-32-24-16-10-15-22-21(24)18-23(27(30)31)28(22)26(29)25(19-11-6-4-7-12-19)20-13-8-5-9-14-20/h4-16,23,25H,2-3,17-18H2,1H3,(H,30,31). The summed E-state index contributed by atoms with van der Waals surface area (Å²) in [5.74, 6) is -1.21. The second-order valence-electron chi connectivity index (χ2n) is 7.98. The lowest BCUT2D eigenvalue weighted by atomic mass is 9.89. The predicted molar refractivity (Wildman–Crippen MR) is 124 cm³/mol. The normalized spacial score (nSPS) is 14.9. The number of hydrogen-bond donors (Lipinski definition) is 1. The van der Waals surface area contributed by atoms with Crippen LogP contribution in [0.15, 0.2) is 78.9 Å². The fourth-order valence-electron chi connectivity index (χ4n) is 4.28. The average Bonchev–Trinajstić information content (AvgIpc) is 3.22. The summed E-state index contributed by atoms with van der Waals surface area (Å²) in [6.07, 6.45) is 2.15. The second kappa shape index (κ2) is 9.69. The van der Waals surface area contributed by atoms with Crippen molar-refractivity contribution in [2.45, 2.75) is 38.1 Å². The van der Waals surface area contributed by atoms with Crippen LogP contribution in [0.25, 0.3) is 0 Å². The van der Waals surface area contributed by atoms with Crippen LogP contribution in [0, 0.1) is 0 Å². The van der Waals surface area contributed by atoms with Crippen molar-refractivity contribution in [1.82, 2.24) is 0 Å². The summed E-state index contributed by atoms with van der Waals surface area (Å²) in [6.45, 7) is 2.65. The molecule has 1 unspecified atom stereocenters. The largest absolute Gasteiger partial charge is 0.493 e. The Morgan fingerprint density at radius 2 is 1.59 bits per heavy atom. The number of rotatable bonds is 8.